The lowest BCUT2D eigenvalue weighted by molar-refractivity contribution is 0.505. The van der Waals surface area contributed by atoms with Crippen molar-refractivity contribution in [2.45, 2.75) is 13.8 Å². The number of hydrogen-bond acceptors (Lipinski definition) is 2. The summed E-state index contributed by atoms with van der Waals surface area (Å²) in [5, 5.41) is 0. The predicted octanol–water partition coefficient (Wildman–Crippen LogP) is 3.23. The van der Waals surface area contributed by atoms with E-state index in [2.05, 4.69) is 4.98 Å². The van der Waals surface area contributed by atoms with E-state index in [4.69, 9.17) is 5.73 Å². The summed E-state index contributed by atoms with van der Waals surface area (Å²) in [4.78, 5) is 3.90. The number of benzene rings is 1. The summed E-state index contributed by atoms with van der Waals surface area (Å²) in [5.41, 5.74) is 7.32. The Hall–Kier alpha value is -1.97. The van der Waals surface area contributed by atoms with Crippen molar-refractivity contribution in [3.8, 4) is 11.1 Å². The van der Waals surface area contributed by atoms with Crippen molar-refractivity contribution in [2.24, 2.45) is 0 Å². The third kappa shape index (κ3) is 1.98. The molecule has 2 N–H and O–H groups in total. The van der Waals surface area contributed by atoms with E-state index in [1.54, 1.807) is 25.1 Å². The number of nitrogens with zero attached hydrogens (tertiary/aromatic N) is 1. The number of pyridine rings is 1. The third-order valence-corrected chi connectivity index (χ3v) is 2.70. The van der Waals surface area contributed by atoms with Crippen molar-refractivity contribution in [1.29, 1.82) is 0 Å². The van der Waals surface area contributed by atoms with E-state index in [0.717, 1.165) is 5.56 Å². The standard InChI is InChI=1S/C13H12F2N2/c1-7-3-4-9(13(15)12(7)14)10-6-17-11(16)5-8(10)2/h3-6H,1-2H3,(H2,16,17). The van der Waals surface area contributed by atoms with Gasteiger partial charge in [0.05, 0.1) is 0 Å². The maximum Gasteiger partial charge on any atom is 0.166 e. The van der Waals surface area contributed by atoms with E-state index in [-0.39, 0.29) is 11.1 Å². The summed E-state index contributed by atoms with van der Waals surface area (Å²) >= 11 is 0. The van der Waals surface area contributed by atoms with Gasteiger partial charge in [-0.3, -0.25) is 0 Å². The van der Waals surface area contributed by atoms with E-state index in [1.165, 1.54) is 13.1 Å². The molecule has 0 saturated carbocycles. The van der Waals surface area contributed by atoms with E-state index in [9.17, 15) is 8.78 Å². The molecule has 0 atom stereocenters. The Labute approximate surface area is 98.1 Å². The highest BCUT2D eigenvalue weighted by Crippen LogP contribution is 2.28. The second-order valence-electron chi connectivity index (χ2n) is 3.98. The van der Waals surface area contributed by atoms with Crippen LogP contribution in [0.3, 0.4) is 0 Å². The summed E-state index contributed by atoms with van der Waals surface area (Å²) in [5.74, 6) is -1.31. The second kappa shape index (κ2) is 4.13. The minimum atomic E-state index is -0.848. The van der Waals surface area contributed by atoms with Gasteiger partial charge in [-0.15, -0.1) is 0 Å². The average Bonchev–Trinajstić information content (AvgIpc) is 2.28. The first-order valence-electron chi connectivity index (χ1n) is 5.18. The molecule has 0 unspecified atom stereocenters. The normalized spacial score (nSPS) is 10.6. The highest BCUT2D eigenvalue weighted by molar-refractivity contribution is 5.68. The minimum absolute atomic E-state index is 0.207. The first kappa shape index (κ1) is 11.5. The Balaban J connectivity index is 2.65. The first-order chi connectivity index (χ1) is 8.00. The molecule has 0 aliphatic carbocycles. The number of nitrogen functional groups attached to an aromatic ring is 1. The molecule has 1 aromatic carbocycles. The lowest BCUT2D eigenvalue weighted by Crippen LogP contribution is -1.97. The van der Waals surface area contributed by atoms with Crippen LogP contribution in [0.2, 0.25) is 0 Å². The van der Waals surface area contributed by atoms with Crippen LogP contribution in [0.1, 0.15) is 11.1 Å². The zero-order valence-corrected chi connectivity index (χ0v) is 9.59. The molecule has 0 amide bonds. The zero-order chi connectivity index (χ0) is 12.6. The summed E-state index contributed by atoms with van der Waals surface area (Å²) in [6.07, 6.45) is 1.46. The van der Waals surface area contributed by atoms with Gasteiger partial charge in [0, 0.05) is 17.3 Å². The van der Waals surface area contributed by atoms with Crippen LogP contribution in [0.25, 0.3) is 11.1 Å². The number of aryl methyl sites for hydroxylation is 2. The lowest BCUT2D eigenvalue weighted by Gasteiger charge is -2.09. The number of anilines is 1. The van der Waals surface area contributed by atoms with Crippen molar-refractivity contribution < 1.29 is 8.78 Å². The molecule has 0 aliphatic rings. The fraction of sp³-hybridized carbons (Fsp3) is 0.154. The SMILES string of the molecule is Cc1cc(N)ncc1-c1ccc(C)c(F)c1F. The van der Waals surface area contributed by atoms with Gasteiger partial charge >= 0.3 is 0 Å². The van der Waals surface area contributed by atoms with E-state index in [1.807, 2.05) is 0 Å². The van der Waals surface area contributed by atoms with Gasteiger partial charge in [0.15, 0.2) is 11.6 Å². The lowest BCUT2D eigenvalue weighted by atomic mass is 10.0. The topological polar surface area (TPSA) is 38.9 Å². The van der Waals surface area contributed by atoms with Gasteiger partial charge in [0.1, 0.15) is 5.82 Å². The van der Waals surface area contributed by atoms with Crippen LogP contribution in [0.4, 0.5) is 14.6 Å². The van der Waals surface area contributed by atoms with Crippen LogP contribution >= 0.6 is 0 Å². The molecule has 2 rings (SSSR count). The first-order valence-corrected chi connectivity index (χ1v) is 5.18. The maximum atomic E-state index is 13.8. The molecule has 4 heteroatoms. The Morgan fingerprint density at radius 3 is 2.35 bits per heavy atom. The number of hydrogen-bond donors (Lipinski definition) is 1. The summed E-state index contributed by atoms with van der Waals surface area (Å²) in [6, 6.07) is 4.73. The van der Waals surface area contributed by atoms with E-state index in [0.29, 0.717) is 11.4 Å². The smallest absolute Gasteiger partial charge is 0.166 e. The average molecular weight is 234 g/mol. The number of aromatic nitrogens is 1. The summed E-state index contributed by atoms with van der Waals surface area (Å²) in [6.45, 7) is 3.31. The van der Waals surface area contributed by atoms with Crippen LogP contribution in [0.15, 0.2) is 24.4 Å². The number of halogens is 2. The van der Waals surface area contributed by atoms with Crippen LogP contribution in [0.5, 0.6) is 0 Å². The predicted molar refractivity (Wildman–Crippen MR) is 63.5 cm³/mol. The molecular formula is C13H12F2N2. The van der Waals surface area contributed by atoms with Crippen LogP contribution < -0.4 is 5.73 Å². The van der Waals surface area contributed by atoms with Gasteiger partial charge in [-0.25, -0.2) is 13.8 Å². The third-order valence-electron chi connectivity index (χ3n) is 2.70. The van der Waals surface area contributed by atoms with Crippen molar-refractivity contribution in [3.63, 3.8) is 0 Å². The van der Waals surface area contributed by atoms with Gasteiger partial charge in [-0.05, 0) is 31.0 Å². The molecule has 0 fully saturated rings. The summed E-state index contributed by atoms with van der Waals surface area (Å²) in [7, 11) is 0. The molecule has 0 saturated heterocycles. The molecule has 0 radical (unpaired) electrons. The van der Waals surface area contributed by atoms with Crippen LogP contribution in [-0.2, 0) is 0 Å². The van der Waals surface area contributed by atoms with Crippen molar-refractivity contribution in [1.82, 2.24) is 4.98 Å². The maximum absolute atomic E-state index is 13.8. The fourth-order valence-corrected chi connectivity index (χ4v) is 1.71. The van der Waals surface area contributed by atoms with Gasteiger partial charge < -0.3 is 5.73 Å². The monoisotopic (exact) mass is 234 g/mol. The molecular weight excluding hydrogens is 222 g/mol. The highest BCUT2D eigenvalue weighted by atomic mass is 19.2. The molecule has 2 aromatic rings. The van der Waals surface area contributed by atoms with Crippen LogP contribution in [0, 0.1) is 25.5 Å². The number of rotatable bonds is 1. The molecule has 0 spiro atoms. The van der Waals surface area contributed by atoms with Gasteiger partial charge in [0.2, 0.25) is 0 Å². The molecule has 2 nitrogen and oxygen atoms in total. The van der Waals surface area contributed by atoms with Gasteiger partial charge in [-0.2, -0.15) is 0 Å². The van der Waals surface area contributed by atoms with E-state index >= 15 is 0 Å². The fourth-order valence-electron chi connectivity index (χ4n) is 1.71. The van der Waals surface area contributed by atoms with Gasteiger partial charge in [-0.1, -0.05) is 12.1 Å². The van der Waals surface area contributed by atoms with Crippen molar-refractivity contribution in [2.75, 3.05) is 5.73 Å². The molecule has 17 heavy (non-hydrogen) atoms. The van der Waals surface area contributed by atoms with Crippen molar-refractivity contribution >= 4 is 5.82 Å². The van der Waals surface area contributed by atoms with Gasteiger partial charge in [0.25, 0.3) is 0 Å². The Morgan fingerprint density at radius 2 is 1.71 bits per heavy atom. The molecule has 1 heterocycles. The molecule has 88 valence electrons. The Bertz CT molecular complexity index is 580. The van der Waals surface area contributed by atoms with Crippen LogP contribution in [-0.4, -0.2) is 4.98 Å². The van der Waals surface area contributed by atoms with E-state index < -0.39 is 11.6 Å². The molecule has 0 bridgehead atoms. The minimum Gasteiger partial charge on any atom is -0.384 e. The largest absolute Gasteiger partial charge is 0.384 e. The molecule has 1 aromatic heterocycles. The summed E-state index contributed by atoms with van der Waals surface area (Å²) < 4.78 is 27.3. The Kier molecular flexibility index (Phi) is 2.79. The second-order valence-corrected chi connectivity index (χ2v) is 3.98. The zero-order valence-electron chi connectivity index (χ0n) is 9.59. The quantitative estimate of drug-likeness (QED) is 0.822. The van der Waals surface area contributed by atoms with Crippen molar-refractivity contribution in [3.05, 3.63) is 47.2 Å². The molecule has 0 aliphatic heterocycles. The highest BCUT2D eigenvalue weighted by Gasteiger charge is 2.14. The number of nitrogens with two attached hydrogens (primary N) is 1. The Morgan fingerprint density at radius 1 is 1.00 bits per heavy atom.